The zero-order valence-electron chi connectivity index (χ0n) is 20.5. The van der Waals surface area contributed by atoms with Gasteiger partial charge in [-0.25, -0.2) is 0 Å². The average Bonchev–Trinajstić information content (AvgIpc) is 3.03. The van der Waals surface area contributed by atoms with E-state index in [4.69, 9.17) is 6.42 Å². The minimum Gasteiger partial charge on any atom is -0.306 e. The van der Waals surface area contributed by atoms with E-state index in [-0.39, 0.29) is 6.04 Å². The minimum absolute atomic E-state index is 0.266. The van der Waals surface area contributed by atoms with Crippen molar-refractivity contribution in [2.45, 2.75) is 116 Å². The molecule has 0 amide bonds. The van der Waals surface area contributed by atoms with Gasteiger partial charge >= 0.3 is 0 Å². The Labute approximate surface area is 194 Å². The third kappa shape index (κ3) is 10.9. The minimum atomic E-state index is 0.266. The SMILES string of the molecule is C#CC1C(CCCCCCN(C)CCCCS)NC(C)N1CCC(CCC)CCC. The molecule has 0 aromatic heterocycles. The van der Waals surface area contributed by atoms with Crippen molar-refractivity contribution in [3.05, 3.63) is 0 Å². The van der Waals surface area contributed by atoms with Crippen LogP contribution in [0.15, 0.2) is 0 Å². The third-order valence-corrected chi connectivity index (χ3v) is 7.12. The molecule has 30 heavy (non-hydrogen) atoms. The fourth-order valence-electron chi connectivity index (χ4n) is 5.04. The van der Waals surface area contributed by atoms with Crippen LogP contribution in [0.25, 0.3) is 0 Å². The second-order valence-electron chi connectivity index (χ2n) is 9.47. The summed E-state index contributed by atoms with van der Waals surface area (Å²) < 4.78 is 0. The molecular formula is C26H51N3S. The van der Waals surface area contributed by atoms with Crippen LogP contribution in [-0.4, -0.2) is 60.5 Å². The van der Waals surface area contributed by atoms with Crippen LogP contribution < -0.4 is 5.32 Å². The smallest absolute Gasteiger partial charge is 0.0879 e. The average molecular weight is 438 g/mol. The molecule has 1 N–H and O–H groups in total. The van der Waals surface area contributed by atoms with Gasteiger partial charge in [-0.15, -0.1) is 6.42 Å². The molecule has 3 atom stereocenters. The van der Waals surface area contributed by atoms with Crippen LogP contribution >= 0.6 is 12.6 Å². The van der Waals surface area contributed by atoms with E-state index >= 15 is 0 Å². The molecule has 1 saturated heterocycles. The normalized spacial score (nSPS) is 22.3. The predicted molar refractivity (Wildman–Crippen MR) is 137 cm³/mol. The van der Waals surface area contributed by atoms with Gasteiger partial charge in [-0.3, -0.25) is 10.2 Å². The van der Waals surface area contributed by atoms with E-state index in [0.29, 0.717) is 12.2 Å². The van der Waals surface area contributed by atoms with Gasteiger partial charge < -0.3 is 4.90 Å². The lowest BCUT2D eigenvalue weighted by Crippen LogP contribution is -2.38. The van der Waals surface area contributed by atoms with E-state index in [9.17, 15) is 0 Å². The van der Waals surface area contributed by atoms with E-state index in [1.807, 2.05) is 0 Å². The Hall–Kier alpha value is -0.210. The Morgan fingerprint density at radius 3 is 2.23 bits per heavy atom. The highest BCUT2D eigenvalue weighted by atomic mass is 32.1. The van der Waals surface area contributed by atoms with E-state index in [2.05, 4.69) is 61.5 Å². The number of unbranched alkanes of at least 4 members (excludes halogenated alkanes) is 4. The topological polar surface area (TPSA) is 18.5 Å². The molecule has 1 aliphatic heterocycles. The Bertz CT molecular complexity index is 444. The van der Waals surface area contributed by atoms with Crippen LogP contribution in [0.5, 0.6) is 0 Å². The molecule has 0 aromatic rings. The maximum atomic E-state index is 5.99. The second-order valence-corrected chi connectivity index (χ2v) is 9.91. The summed E-state index contributed by atoms with van der Waals surface area (Å²) in [7, 11) is 2.25. The maximum Gasteiger partial charge on any atom is 0.0879 e. The van der Waals surface area contributed by atoms with Crippen molar-refractivity contribution in [1.82, 2.24) is 15.1 Å². The van der Waals surface area contributed by atoms with Crippen LogP contribution in [0.3, 0.4) is 0 Å². The van der Waals surface area contributed by atoms with Crippen LogP contribution in [0.4, 0.5) is 0 Å². The van der Waals surface area contributed by atoms with Gasteiger partial charge in [0.2, 0.25) is 0 Å². The fraction of sp³-hybridized carbons (Fsp3) is 0.923. The fourth-order valence-corrected chi connectivity index (χ4v) is 5.26. The van der Waals surface area contributed by atoms with Crippen LogP contribution in [0, 0.1) is 18.3 Å². The number of thiol groups is 1. The van der Waals surface area contributed by atoms with Gasteiger partial charge in [0.1, 0.15) is 0 Å². The molecule has 0 spiro atoms. The summed E-state index contributed by atoms with van der Waals surface area (Å²) in [6, 6.07) is 0.728. The lowest BCUT2D eigenvalue weighted by molar-refractivity contribution is 0.202. The molecule has 176 valence electrons. The molecule has 1 fully saturated rings. The Morgan fingerprint density at radius 2 is 1.63 bits per heavy atom. The number of nitrogens with zero attached hydrogens (tertiary/aromatic N) is 2. The molecule has 3 unspecified atom stereocenters. The Morgan fingerprint density at radius 1 is 1.00 bits per heavy atom. The molecule has 0 bridgehead atoms. The molecule has 0 radical (unpaired) electrons. The van der Waals surface area contributed by atoms with Crippen molar-refractivity contribution in [2.24, 2.45) is 5.92 Å². The van der Waals surface area contributed by atoms with Crippen LogP contribution in [0.2, 0.25) is 0 Å². The van der Waals surface area contributed by atoms with Crippen molar-refractivity contribution in [3.8, 4) is 12.3 Å². The molecular weight excluding hydrogens is 386 g/mol. The maximum absolute atomic E-state index is 5.99. The summed E-state index contributed by atoms with van der Waals surface area (Å²) in [6.07, 6.45) is 22.0. The summed E-state index contributed by atoms with van der Waals surface area (Å²) in [5.74, 6) is 5.00. The van der Waals surface area contributed by atoms with Gasteiger partial charge in [0, 0.05) is 12.6 Å². The first kappa shape index (κ1) is 27.8. The Balaban J connectivity index is 2.27. The molecule has 1 aliphatic rings. The summed E-state index contributed by atoms with van der Waals surface area (Å²) in [5.41, 5.74) is 0. The molecule has 0 aromatic carbocycles. The van der Waals surface area contributed by atoms with E-state index in [0.717, 1.165) is 18.2 Å². The van der Waals surface area contributed by atoms with Crippen molar-refractivity contribution >= 4 is 12.6 Å². The highest BCUT2D eigenvalue weighted by Gasteiger charge is 2.36. The van der Waals surface area contributed by atoms with Crippen molar-refractivity contribution in [3.63, 3.8) is 0 Å². The second kappa shape index (κ2) is 17.4. The first-order valence-electron chi connectivity index (χ1n) is 12.8. The van der Waals surface area contributed by atoms with Gasteiger partial charge in [-0.05, 0) is 70.8 Å². The number of terminal acetylenes is 1. The molecule has 3 nitrogen and oxygen atoms in total. The van der Waals surface area contributed by atoms with E-state index in [1.165, 1.54) is 90.1 Å². The van der Waals surface area contributed by atoms with Gasteiger partial charge in [-0.1, -0.05) is 64.7 Å². The highest BCUT2D eigenvalue weighted by molar-refractivity contribution is 7.80. The number of hydrogen-bond acceptors (Lipinski definition) is 4. The summed E-state index contributed by atoms with van der Waals surface area (Å²) >= 11 is 4.29. The standard InChI is InChI=1S/C26H51N3S/c1-6-15-24(16-7-2)18-21-29-23(4)27-25(26(29)8-3)17-11-9-10-12-19-28(5)20-13-14-22-30/h3,23-27,30H,6-7,9-22H2,1-2,4-5H3. The van der Waals surface area contributed by atoms with Crippen molar-refractivity contribution in [1.29, 1.82) is 0 Å². The predicted octanol–water partition coefficient (Wildman–Crippen LogP) is 5.81. The zero-order chi connectivity index (χ0) is 22.2. The molecule has 0 aliphatic carbocycles. The van der Waals surface area contributed by atoms with Crippen molar-refractivity contribution in [2.75, 3.05) is 32.4 Å². The highest BCUT2D eigenvalue weighted by Crippen LogP contribution is 2.25. The summed E-state index contributed by atoms with van der Waals surface area (Å²) in [5, 5.41) is 3.80. The lowest BCUT2D eigenvalue weighted by atomic mass is 9.94. The third-order valence-electron chi connectivity index (χ3n) is 6.80. The monoisotopic (exact) mass is 437 g/mol. The Kier molecular flexibility index (Phi) is 16.1. The first-order valence-corrected chi connectivity index (χ1v) is 13.5. The molecule has 1 heterocycles. The number of nitrogens with one attached hydrogen (secondary N) is 1. The van der Waals surface area contributed by atoms with Gasteiger partial charge in [-0.2, -0.15) is 12.6 Å². The quantitative estimate of drug-likeness (QED) is 0.160. The zero-order valence-corrected chi connectivity index (χ0v) is 21.4. The molecule has 1 rings (SSSR count). The summed E-state index contributed by atoms with van der Waals surface area (Å²) in [4.78, 5) is 5.03. The first-order chi connectivity index (χ1) is 14.6. The molecule has 0 saturated carbocycles. The van der Waals surface area contributed by atoms with Crippen LogP contribution in [0.1, 0.15) is 97.8 Å². The van der Waals surface area contributed by atoms with E-state index < -0.39 is 0 Å². The van der Waals surface area contributed by atoms with Gasteiger partial charge in [0.15, 0.2) is 0 Å². The van der Waals surface area contributed by atoms with Gasteiger partial charge in [0.25, 0.3) is 0 Å². The van der Waals surface area contributed by atoms with E-state index in [1.54, 1.807) is 0 Å². The number of rotatable bonds is 18. The number of hydrogen-bond donors (Lipinski definition) is 2. The lowest BCUT2D eigenvalue weighted by Gasteiger charge is -2.27. The largest absolute Gasteiger partial charge is 0.306 e. The van der Waals surface area contributed by atoms with Gasteiger partial charge in [0.05, 0.1) is 12.2 Å². The summed E-state index contributed by atoms with van der Waals surface area (Å²) in [6.45, 7) is 10.5. The van der Waals surface area contributed by atoms with Crippen molar-refractivity contribution < 1.29 is 0 Å². The van der Waals surface area contributed by atoms with Crippen LogP contribution in [-0.2, 0) is 0 Å². The molecule has 4 heteroatoms.